The second-order valence-electron chi connectivity index (χ2n) is 6.97. The lowest BCUT2D eigenvalue weighted by atomic mass is 9.82. The van der Waals surface area contributed by atoms with E-state index in [1.165, 1.54) is 18.2 Å². The first kappa shape index (κ1) is 17.8. The lowest BCUT2D eigenvalue weighted by Crippen LogP contribution is -2.53. The number of carbonyl (C=O) groups excluding carboxylic acids is 1. The summed E-state index contributed by atoms with van der Waals surface area (Å²) in [6.45, 7) is 0.905. The number of carboxylic acid groups (broad SMARTS) is 1. The van der Waals surface area contributed by atoms with Crippen LogP contribution in [0.3, 0.4) is 0 Å². The average Bonchev–Trinajstić information content (AvgIpc) is 3.03. The van der Waals surface area contributed by atoms with Crippen LogP contribution in [-0.4, -0.2) is 35.6 Å². The second kappa shape index (κ2) is 7.93. The van der Waals surface area contributed by atoms with Crippen LogP contribution in [0, 0.1) is 11.7 Å². The number of halogens is 1. The smallest absolute Gasteiger partial charge is 0.303 e. The highest BCUT2D eigenvalue weighted by Gasteiger charge is 2.37. The fourth-order valence-electron chi connectivity index (χ4n) is 3.97. The van der Waals surface area contributed by atoms with Crippen molar-refractivity contribution in [3.63, 3.8) is 0 Å². The van der Waals surface area contributed by atoms with Crippen molar-refractivity contribution in [2.75, 3.05) is 6.54 Å². The second-order valence-corrected chi connectivity index (χ2v) is 6.97. The van der Waals surface area contributed by atoms with Gasteiger partial charge in [0.2, 0.25) is 5.91 Å². The minimum Gasteiger partial charge on any atom is -0.481 e. The normalized spacial score (nSPS) is 26.7. The van der Waals surface area contributed by atoms with Crippen molar-refractivity contribution >= 4 is 11.9 Å². The van der Waals surface area contributed by atoms with Crippen molar-refractivity contribution in [3.8, 4) is 0 Å². The van der Waals surface area contributed by atoms with E-state index in [0.29, 0.717) is 11.5 Å². The van der Waals surface area contributed by atoms with E-state index in [0.717, 1.165) is 25.8 Å². The molecule has 25 heavy (non-hydrogen) atoms. The molecule has 4 N–H and O–H groups in total. The maximum Gasteiger partial charge on any atom is 0.303 e. The van der Waals surface area contributed by atoms with Gasteiger partial charge in [-0.25, -0.2) is 4.39 Å². The Morgan fingerprint density at radius 2 is 2.16 bits per heavy atom. The number of hydrogen-bond donors (Lipinski definition) is 4. The Hall–Kier alpha value is -1.99. The molecule has 4 atom stereocenters. The monoisotopic (exact) mass is 349 g/mol. The number of benzene rings is 1. The van der Waals surface area contributed by atoms with Crippen molar-refractivity contribution in [1.29, 1.82) is 0 Å². The van der Waals surface area contributed by atoms with Gasteiger partial charge in [0.25, 0.3) is 0 Å². The summed E-state index contributed by atoms with van der Waals surface area (Å²) in [5, 5.41) is 12.2. The molecule has 1 aliphatic carbocycles. The maximum absolute atomic E-state index is 13.5. The first-order valence-electron chi connectivity index (χ1n) is 8.78. The fourth-order valence-corrected chi connectivity index (χ4v) is 3.97. The van der Waals surface area contributed by atoms with Gasteiger partial charge in [0.1, 0.15) is 5.82 Å². The van der Waals surface area contributed by atoms with Gasteiger partial charge in [0.05, 0.1) is 6.42 Å². The third-order valence-corrected chi connectivity index (χ3v) is 5.18. The third kappa shape index (κ3) is 4.55. The molecule has 6 nitrogen and oxygen atoms in total. The highest BCUT2D eigenvalue weighted by Crippen LogP contribution is 2.28. The summed E-state index contributed by atoms with van der Waals surface area (Å²) in [5.41, 5.74) is 6.92. The summed E-state index contributed by atoms with van der Waals surface area (Å²) < 4.78 is 13.5. The van der Waals surface area contributed by atoms with Gasteiger partial charge in [-0.2, -0.15) is 0 Å². The van der Waals surface area contributed by atoms with Crippen LogP contribution < -0.4 is 16.2 Å². The van der Waals surface area contributed by atoms with Gasteiger partial charge in [0, 0.05) is 31.0 Å². The zero-order chi connectivity index (χ0) is 17.8. The molecular weight excluding hydrogens is 325 g/mol. The predicted molar refractivity (Wildman–Crippen MR) is 90.2 cm³/mol. The van der Waals surface area contributed by atoms with Gasteiger partial charge in [-0.15, -0.1) is 0 Å². The first-order valence-corrected chi connectivity index (χ1v) is 8.78. The highest BCUT2D eigenvalue weighted by molar-refractivity contribution is 5.78. The lowest BCUT2D eigenvalue weighted by Gasteiger charge is -2.33. The Morgan fingerprint density at radius 3 is 2.92 bits per heavy atom. The van der Waals surface area contributed by atoms with Gasteiger partial charge in [-0.1, -0.05) is 18.6 Å². The maximum atomic E-state index is 13.5. The number of rotatable bonds is 6. The van der Waals surface area contributed by atoms with Crippen LogP contribution in [0.1, 0.15) is 43.6 Å². The number of hydrogen-bond acceptors (Lipinski definition) is 4. The number of nitrogens with one attached hydrogen (secondary N) is 3. The molecule has 1 aromatic carbocycles. The number of carboxylic acids is 1. The molecule has 4 unspecified atom stereocenters. The predicted octanol–water partition coefficient (Wildman–Crippen LogP) is 1.54. The van der Waals surface area contributed by atoms with E-state index in [1.54, 1.807) is 6.07 Å². The zero-order valence-electron chi connectivity index (χ0n) is 14.0. The lowest BCUT2D eigenvalue weighted by molar-refractivity contribution is -0.137. The minimum absolute atomic E-state index is 0.0388. The Balaban J connectivity index is 1.64. The third-order valence-electron chi connectivity index (χ3n) is 5.18. The molecule has 0 bridgehead atoms. The fraction of sp³-hybridized carbons (Fsp3) is 0.556. The summed E-state index contributed by atoms with van der Waals surface area (Å²) in [7, 11) is 0. The van der Waals surface area contributed by atoms with E-state index in [1.807, 2.05) is 0 Å². The molecule has 0 radical (unpaired) electrons. The molecule has 1 saturated heterocycles. The Labute approximate surface area is 146 Å². The summed E-state index contributed by atoms with van der Waals surface area (Å²) >= 11 is 0. The molecule has 1 amide bonds. The standard InChI is InChI=1S/C18H24FN3O3/c19-14-5-1-3-11(7-14)13(9-17(24)25)8-16(23)21-15-6-2-4-12-10-20-22-18(12)15/h1,3,5,7,12-13,15,18,20,22H,2,4,6,8-10H2,(H,21,23)(H,24,25). The topological polar surface area (TPSA) is 90.5 Å². The van der Waals surface area contributed by atoms with Crippen molar-refractivity contribution in [3.05, 3.63) is 35.6 Å². The number of fused-ring (bicyclic) bond motifs is 1. The quantitative estimate of drug-likeness (QED) is 0.625. The van der Waals surface area contributed by atoms with E-state index in [-0.39, 0.29) is 30.8 Å². The molecule has 1 heterocycles. The van der Waals surface area contributed by atoms with E-state index >= 15 is 0 Å². The van der Waals surface area contributed by atoms with E-state index in [9.17, 15) is 14.0 Å². The van der Waals surface area contributed by atoms with Crippen LogP contribution >= 0.6 is 0 Å². The van der Waals surface area contributed by atoms with Crippen LogP contribution in [0.25, 0.3) is 0 Å². The number of hydrazine groups is 1. The van der Waals surface area contributed by atoms with Crippen molar-refractivity contribution < 1.29 is 19.1 Å². The van der Waals surface area contributed by atoms with E-state index in [2.05, 4.69) is 16.2 Å². The van der Waals surface area contributed by atoms with Gasteiger partial charge in [-0.3, -0.25) is 20.4 Å². The van der Waals surface area contributed by atoms with Crippen LogP contribution in [0.4, 0.5) is 4.39 Å². The molecule has 1 saturated carbocycles. The van der Waals surface area contributed by atoms with Crippen LogP contribution in [0.15, 0.2) is 24.3 Å². The van der Waals surface area contributed by atoms with Crippen molar-refractivity contribution in [2.24, 2.45) is 5.92 Å². The van der Waals surface area contributed by atoms with E-state index < -0.39 is 17.7 Å². The molecular formula is C18H24FN3O3. The molecule has 3 rings (SSSR count). The number of amides is 1. The number of aliphatic carboxylic acids is 1. The van der Waals surface area contributed by atoms with Gasteiger partial charge < -0.3 is 10.4 Å². The van der Waals surface area contributed by atoms with Crippen LogP contribution in [0.5, 0.6) is 0 Å². The molecule has 0 aromatic heterocycles. The molecule has 7 heteroatoms. The summed E-state index contributed by atoms with van der Waals surface area (Å²) in [4.78, 5) is 23.6. The van der Waals surface area contributed by atoms with Crippen LogP contribution in [0.2, 0.25) is 0 Å². The Kier molecular flexibility index (Phi) is 5.65. The van der Waals surface area contributed by atoms with E-state index in [4.69, 9.17) is 5.11 Å². The van der Waals surface area contributed by atoms with Crippen LogP contribution in [-0.2, 0) is 9.59 Å². The molecule has 136 valence electrons. The van der Waals surface area contributed by atoms with Crippen molar-refractivity contribution in [1.82, 2.24) is 16.2 Å². The summed E-state index contributed by atoms with van der Waals surface area (Å²) in [6, 6.07) is 6.08. The molecule has 1 aromatic rings. The molecule has 0 spiro atoms. The molecule has 2 aliphatic rings. The van der Waals surface area contributed by atoms with Gasteiger partial charge in [0.15, 0.2) is 0 Å². The molecule has 2 fully saturated rings. The first-order chi connectivity index (χ1) is 12.0. The summed E-state index contributed by atoms with van der Waals surface area (Å²) in [5.74, 6) is -1.64. The Morgan fingerprint density at radius 1 is 1.32 bits per heavy atom. The highest BCUT2D eigenvalue weighted by atomic mass is 19.1. The minimum atomic E-state index is -0.999. The van der Waals surface area contributed by atoms with Gasteiger partial charge >= 0.3 is 5.97 Å². The molecule has 1 aliphatic heterocycles. The number of carbonyl (C=O) groups is 2. The average molecular weight is 349 g/mol. The zero-order valence-corrected chi connectivity index (χ0v) is 14.0. The Bertz CT molecular complexity index is 640. The summed E-state index contributed by atoms with van der Waals surface area (Å²) in [6.07, 6.45) is 2.95. The van der Waals surface area contributed by atoms with Gasteiger partial charge in [-0.05, 0) is 36.5 Å². The largest absolute Gasteiger partial charge is 0.481 e. The SMILES string of the molecule is O=C(O)CC(CC(=O)NC1CCCC2CNNC21)c1cccc(F)c1. The van der Waals surface area contributed by atoms with Crippen molar-refractivity contribution in [2.45, 2.75) is 50.1 Å².